The number of amides is 2. The molecule has 2 amide bonds. The summed E-state index contributed by atoms with van der Waals surface area (Å²) in [4.78, 5) is 29.3. The van der Waals surface area contributed by atoms with Gasteiger partial charge < -0.3 is 14.3 Å². The van der Waals surface area contributed by atoms with E-state index in [0.29, 0.717) is 18.8 Å². The minimum Gasteiger partial charge on any atom is -0.364 e. The van der Waals surface area contributed by atoms with E-state index in [-0.39, 0.29) is 23.1 Å². The van der Waals surface area contributed by atoms with Crippen LogP contribution in [-0.2, 0) is 4.79 Å². The van der Waals surface area contributed by atoms with Crippen molar-refractivity contribution in [2.75, 3.05) is 26.2 Å². The second-order valence-corrected chi connectivity index (χ2v) is 7.70. The van der Waals surface area contributed by atoms with Crippen LogP contribution in [0.15, 0.2) is 47.2 Å². The van der Waals surface area contributed by atoms with Crippen molar-refractivity contribution < 1.29 is 14.1 Å². The van der Waals surface area contributed by atoms with Gasteiger partial charge in [0.05, 0.1) is 5.92 Å². The molecule has 0 radical (unpaired) electrons. The van der Waals surface area contributed by atoms with Crippen LogP contribution in [0, 0.1) is 5.41 Å². The molecule has 1 aromatic heterocycles. The summed E-state index contributed by atoms with van der Waals surface area (Å²) in [5.74, 6) is 0.0746. The van der Waals surface area contributed by atoms with Crippen molar-refractivity contribution in [3.8, 4) is 0 Å². The van der Waals surface area contributed by atoms with Crippen molar-refractivity contribution in [2.45, 2.75) is 32.1 Å². The number of hydrogen-bond donors (Lipinski definition) is 0. The maximum absolute atomic E-state index is 13.0. The van der Waals surface area contributed by atoms with Crippen molar-refractivity contribution >= 4 is 11.8 Å². The van der Waals surface area contributed by atoms with E-state index in [1.54, 1.807) is 6.07 Å². The molecular formula is C21H25N3O3. The molecule has 1 aromatic carbocycles. The van der Waals surface area contributed by atoms with Gasteiger partial charge in [0, 0.05) is 32.2 Å². The number of likely N-dealkylation sites (N-methyl/N-ethyl adjacent to an activating group) is 1. The Labute approximate surface area is 159 Å². The van der Waals surface area contributed by atoms with Crippen LogP contribution >= 0.6 is 0 Å². The lowest BCUT2D eigenvalue weighted by Crippen LogP contribution is -2.54. The number of aromatic nitrogens is 1. The number of nitrogens with zero attached hydrogens (tertiary/aromatic N) is 3. The predicted octanol–water partition coefficient (Wildman–Crippen LogP) is 2.93. The largest absolute Gasteiger partial charge is 0.364 e. The molecule has 2 aliphatic heterocycles. The minimum absolute atomic E-state index is 0.0718. The van der Waals surface area contributed by atoms with Crippen LogP contribution in [0.4, 0.5) is 0 Å². The van der Waals surface area contributed by atoms with Gasteiger partial charge in [-0.2, -0.15) is 0 Å². The van der Waals surface area contributed by atoms with Crippen LogP contribution in [0.25, 0.3) is 0 Å². The van der Waals surface area contributed by atoms with Crippen LogP contribution in [0.3, 0.4) is 0 Å². The summed E-state index contributed by atoms with van der Waals surface area (Å²) in [6.45, 7) is 4.95. The van der Waals surface area contributed by atoms with Crippen molar-refractivity contribution in [3.05, 3.63) is 53.9 Å². The van der Waals surface area contributed by atoms with Crippen LogP contribution in [0.2, 0.25) is 0 Å². The highest BCUT2D eigenvalue weighted by Crippen LogP contribution is 2.45. The van der Waals surface area contributed by atoms with Gasteiger partial charge in [0.25, 0.3) is 5.91 Å². The summed E-state index contributed by atoms with van der Waals surface area (Å²) in [5, 5.41) is 3.76. The fraction of sp³-hybridized carbons (Fsp3) is 0.476. The molecule has 6 nitrogen and oxygen atoms in total. The zero-order valence-electron chi connectivity index (χ0n) is 15.6. The van der Waals surface area contributed by atoms with Crippen LogP contribution < -0.4 is 0 Å². The third kappa shape index (κ3) is 3.36. The number of carbonyl (C=O) groups is 2. The van der Waals surface area contributed by atoms with E-state index in [0.717, 1.165) is 37.9 Å². The van der Waals surface area contributed by atoms with Gasteiger partial charge in [-0.05, 0) is 37.2 Å². The number of piperidine rings is 2. The molecule has 0 aliphatic carbocycles. The van der Waals surface area contributed by atoms with Crippen molar-refractivity contribution in [3.63, 3.8) is 0 Å². The molecule has 2 aliphatic rings. The Morgan fingerprint density at radius 2 is 1.96 bits per heavy atom. The molecule has 0 saturated carbocycles. The van der Waals surface area contributed by atoms with Crippen LogP contribution in [0.1, 0.15) is 48.2 Å². The molecule has 4 rings (SSSR count). The number of rotatable bonds is 3. The molecule has 2 saturated heterocycles. The standard InChI is InChI=1S/C21H25N3O3/c1-2-23-15-21(14-17(19(23)25)16-6-4-3-5-7-16)9-11-24(12-10-21)20(26)18-8-13-27-22-18/h3-8,13,17H,2,9-12,14-15H2,1H3/t17-/m0/s1. The topological polar surface area (TPSA) is 66.7 Å². The van der Waals surface area contributed by atoms with Crippen molar-refractivity contribution in [1.29, 1.82) is 0 Å². The summed E-state index contributed by atoms with van der Waals surface area (Å²) in [6, 6.07) is 11.7. The summed E-state index contributed by atoms with van der Waals surface area (Å²) >= 11 is 0. The van der Waals surface area contributed by atoms with E-state index in [1.165, 1.54) is 6.26 Å². The quantitative estimate of drug-likeness (QED) is 0.837. The first-order chi connectivity index (χ1) is 13.1. The fourth-order valence-corrected chi connectivity index (χ4v) is 4.53. The van der Waals surface area contributed by atoms with Gasteiger partial charge in [-0.3, -0.25) is 9.59 Å². The highest BCUT2D eigenvalue weighted by Gasteiger charge is 2.46. The van der Waals surface area contributed by atoms with Crippen LogP contribution in [-0.4, -0.2) is 52.9 Å². The van der Waals surface area contributed by atoms with Crippen LogP contribution in [0.5, 0.6) is 0 Å². The third-order valence-electron chi connectivity index (χ3n) is 6.13. The molecule has 2 fully saturated rings. The molecule has 2 aromatic rings. The Hall–Kier alpha value is -2.63. The lowest BCUT2D eigenvalue weighted by atomic mass is 9.67. The number of carbonyl (C=O) groups excluding carboxylic acids is 2. The third-order valence-corrected chi connectivity index (χ3v) is 6.13. The second-order valence-electron chi connectivity index (χ2n) is 7.70. The van der Waals surface area contributed by atoms with Crippen molar-refractivity contribution in [1.82, 2.24) is 15.0 Å². The first-order valence-corrected chi connectivity index (χ1v) is 9.65. The normalized spacial score (nSPS) is 22.3. The summed E-state index contributed by atoms with van der Waals surface area (Å²) in [6.07, 6.45) is 4.10. The monoisotopic (exact) mass is 367 g/mol. The molecule has 1 spiro atoms. The molecule has 142 valence electrons. The van der Waals surface area contributed by atoms with Gasteiger partial charge in [-0.15, -0.1) is 0 Å². The highest BCUT2D eigenvalue weighted by molar-refractivity contribution is 5.92. The predicted molar refractivity (Wildman–Crippen MR) is 100 cm³/mol. The Balaban J connectivity index is 1.51. The zero-order chi connectivity index (χ0) is 18.9. The Morgan fingerprint density at radius 3 is 2.59 bits per heavy atom. The molecule has 0 bridgehead atoms. The molecule has 3 heterocycles. The smallest absolute Gasteiger partial charge is 0.276 e. The fourth-order valence-electron chi connectivity index (χ4n) is 4.53. The van der Waals surface area contributed by atoms with Gasteiger partial charge in [-0.1, -0.05) is 35.5 Å². The molecule has 0 unspecified atom stereocenters. The summed E-state index contributed by atoms with van der Waals surface area (Å²) < 4.78 is 4.80. The number of likely N-dealkylation sites (tertiary alicyclic amines) is 2. The molecule has 6 heteroatoms. The van der Waals surface area contributed by atoms with E-state index in [2.05, 4.69) is 17.3 Å². The van der Waals surface area contributed by atoms with Gasteiger partial charge in [0.2, 0.25) is 5.91 Å². The average Bonchev–Trinajstić information content (AvgIpc) is 3.25. The molecule has 0 N–H and O–H groups in total. The molecule has 1 atom stereocenters. The maximum Gasteiger partial charge on any atom is 0.276 e. The van der Waals surface area contributed by atoms with E-state index in [4.69, 9.17) is 4.52 Å². The first kappa shape index (κ1) is 17.8. The number of benzene rings is 1. The van der Waals surface area contributed by atoms with E-state index in [1.807, 2.05) is 34.9 Å². The minimum atomic E-state index is -0.0855. The lowest BCUT2D eigenvalue weighted by molar-refractivity contribution is -0.141. The van der Waals surface area contributed by atoms with Crippen molar-refractivity contribution in [2.24, 2.45) is 5.41 Å². The first-order valence-electron chi connectivity index (χ1n) is 9.65. The van der Waals surface area contributed by atoms with Gasteiger partial charge in [0.1, 0.15) is 6.26 Å². The highest BCUT2D eigenvalue weighted by atomic mass is 16.5. The molecular weight excluding hydrogens is 342 g/mol. The van der Waals surface area contributed by atoms with E-state index in [9.17, 15) is 9.59 Å². The molecule has 27 heavy (non-hydrogen) atoms. The Bertz CT molecular complexity index is 795. The summed E-state index contributed by atoms with van der Waals surface area (Å²) in [7, 11) is 0. The van der Waals surface area contributed by atoms with Gasteiger partial charge in [-0.25, -0.2) is 0 Å². The Morgan fingerprint density at radius 1 is 1.22 bits per heavy atom. The maximum atomic E-state index is 13.0. The SMILES string of the molecule is CCN1CC2(CCN(C(=O)c3ccon3)CC2)C[C@@H](c2ccccc2)C1=O. The van der Waals surface area contributed by atoms with E-state index < -0.39 is 0 Å². The second kappa shape index (κ2) is 7.18. The average molecular weight is 367 g/mol. The Kier molecular flexibility index (Phi) is 4.72. The van der Waals surface area contributed by atoms with Gasteiger partial charge in [0.15, 0.2) is 5.69 Å². The lowest BCUT2D eigenvalue weighted by Gasteiger charge is -2.49. The zero-order valence-corrected chi connectivity index (χ0v) is 15.6. The summed E-state index contributed by atoms with van der Waals surface area (Å²) in [5.41, 5.74) is 1.54. The number of hydrogen-bond acceptors (Lipinski definition) is 4. The van der Waals surface area contributed by atoms with E-state index >= 15 is 0 Å². The van der Waals surface area contributed by atoms with Gasteiger partial charge >= 0.3 is 0 Å².